The summed E-state index contributed by atoms with van der Waals surface area (Å²) in [6, 6.07) is 0. The van der Waals surface area contributed by atoms with Gasteiger partial charge in [0.15, 0.2) is 0 Å². The van der Waals surface area contributed by atoms with Gasteiger partial charge >= 0.3 is 0 Å². The van der Waals surface area contributed by atoms with Gasteiger partial charge in [-0.3, -0.25) is 0 Å². The molecule has 3 saturated carbocycles. The van der Waals surface area contributed by atoms with Gasteiger partial charge in [-0.05, 0) is 62.2 Å². The molecule has 2 atom stereocenters. The molecule has 0 aliphatic heterocycles. The van der Waals surface area contributed by atoms with Crippen LogP contribution in [-0.4, -0.2) is 13.2 Å². The third-order valence-electron chi connectivity index (χ3n) is 6.42. The largest absolute Gasteiger partial charge is 0.382 e. The molecule has 0 aromatic heterocycles. The summed E-state index contributed by atoms with van der Waals surface area (Å²) in [5.41, 5.74) is 0.697. The maximum absolute atomic E-state index is 5.75. The van der Waals surface area contributed by atoms with E-state index in [2.05, 4.69) is 6.92 Å². The second-order valence-electron chi connectivity index (χ2n) is 7.35. The quantitative estimate of drug-likeness (QED) is 0.600. The highest BCUT2D eigenvalue weighted by Crippen LogP contribution is 2.61. The molecular weight excluding hydrogens is 232 g/mol. The van der Waals surface area contributed by atoms with Crippen molar-refractivity contribution < 1.29 is 4.74 Å². The molecule has 3 aliphatic carbocycles. The first-order valence-corrected chi connectivity index (χ1v) is 8.94. The topological polar surface area (TPSA) is 9.23 Å². The Labute approximate surface area is 119 Å². The van der Waals surface area contributed by atoms with E-state index in [-0.39, 0.29) is 0 Å². The van der Waals surface area contributed by atoms with Gasteiger partial charge in [0.2, 0.25) is 0 Å². The van der Waals surface area contributed by atoms with Gasteiger partial charge in [-0.2, -0.15) is 0 Å². The molecule has 1 nitrogen and oxygen atoms in total. The maximum atomic E-state index is 5.75. The maximum Gasteiger partial charge on any atom is 0.0471 e. The zero-order valence-electron chi connectivity index (χ0n) is 12.8. The molecule has 3 fully saturated rings. The molecule has 2 unspecified atom stereocenters. The molecule has 0 heterocycles. The molecule has 0 spiro atoms. The number of rotatable bonds is 6. The van der Waals surface area contributed by atoms with Crippen LogP contribution in [0.25, 0.3) is 0 Å². The van der Waals surface area contributed by atoms with Crippen molar-refractivity contribution in [1.82, 2.24) is 0 Å². The summed E-state index contributed by atoms with van der Waals surface area (Å²) in [4.78, 5) is 0. The molecule has 110 valence electrons. The lowest BCUT2D eigenvalue weighted by atomic mass is 9.57. The van der Waals surface area contributed by atoms with Crippen molar-refractivity contribution in [3.05, 3.63) is 0 Å². The summed E-state index contributed by atoms with van der Waals surface area (Å²) in [6.07, 6.45) is 16.6. The zero-order chi connectivity index (χ0) is 13.1. The van der Waals surface area contributed by atoms with Gasteiger partial charge in [0.05, 0.1) is 0 Å². The van der Waals surface area contributed by atoms with Crippen LogP contribution in [-0.2, 0) is 4.74 Å². The average Bonchev–Trinajstić information content (AvgIpc) is 3.16. The van der Waals surface area contributed by atoms with Crippen LogP contribution in [0.4, 0.5) is 0 Å². The van der Waals surface area contributed by atoms with E-state index < -0.39 is 0 Å². The van der Waals surface area contributed by atoms with Crippen molar-refractivity contribution in [2.45, 2.75) is 77.6 Å². The molecular formula is C18H32O. The van der Waals surface area contributed by atoms with Gasteiger partial charge in [-0.25, -0.2) is 0 Å². The van der Waals surface area contributed by atoms with Crippen LogP contribution < -0.4 is 0 Å². The molecule has 0 aromatic carbocycles. The Kier molecular flexibility index (Phi) is 4.51. The van der Waals surface area contributed by atoms with Crippen LogP contribution in [0.15, 0.2) is 0 Å². The fourth-order valence-corrected chi connectivity index (χ4v) is 5.44. The highest BCUT2D eigenvalue weighted by molar-refractivity contribution is 5.02. The average molecular weight is 264 g/mol. The van der Waals surface area contributed by atoms with Crippen molar-refractivity contribution in [3.63, 3.8) is 0 Å². The van der Waals surface area contributed by atoms with E-state index in [1.54, 1.807) is 0 Å². The van der Waals surface area contributed by atoms with Crippen molar-refractivity contribution in [3.8, 4) is 0 Å². The van der Waals surface area contributed by atoms with Crippen molar-refractivity contribution in [2.24, 2.45) is 23.2 Å². The van der Waals surface area contributed by atoms with Gasteiger partial charge in [0, 0.05) is 13.2 Å². The molecule has 0 N–H and O–H groups in total. The monoisotopic (exact) mass is 264 g/mol. The first kappa shape index (κ1) is 13.9. The fourth-order valence-electron chi connectivity index (χ4n) is 5.44. The second-order valence-corrected chi connectivity index (χ2v) is 7.35. The standard InChI is InChI=1S/C18H32O/c1-2-19-14-13-18(16-10-11-16)12-6-5-9-17(18)15-7-3-4-8-15/h15-17H,2-14H2,1H3. The third kappa shape index (κ3) is 2.86. The van der Waals surface area contributed by atoms with Crippen LogP contribution in [0.5, 0.6) is 0 Å². The van der Waals surface area contributed by atoms with Gasteiger partial charge in [0.25, 0.3) is 0 Å². The smallest absolute Gasteiger partial charge is 0.0471 e. The van der Waals surface area contributed by atoms with Gasteiger partial charge in [-0.15, -0.1) is 0 Å². The van der Waals surface area contributed by atoms with Crippen LogP contribution >= 0.6 is 0 Å². The number of hydrogen-bond donors (Lipinski definition) is 0. The minimum absolute atomic E-state index is 0.697. The Morgan fingerprint density at radius 2 is 1.68 bits per heavy atom. The number of hydrogen-bond acceptors (Lipinski definition) is 1. The van der Waals surface area contributed by atoms with Crippen molar-refractivity contribution in [1.29, 1.82) is 0 Å². The highest BCUT2D eigenvalue weighted by Gasteiger charge is 2.52. The van der Waals surface area contributed by atoms with E-state index in [1.165, 1.54) is 70.6 Å². The summed E-state index contributed by atoms with van der Waals surface area (Å²) >= 11 is 0. The van der Waals surface area contributed by atoms with Crippen molar-refractivity contribution >= 4 is 0 Å². The Morgan fingerprint density at radius 3 is 2.37 bits per heavy atom. The first-order valence-electron chi connectivity index (χ1n) is 8.94. The normalized spacial score (nSPS) is 36.8. The molecule has 1 heteroatoms. The lowest BCUT2D eigenvalue weighted by Crippen LogP contribution is -2.40. The predicted octanol–water partition coefficient (Wildman–Crippen LogP) is 5.19. The predicted molar refractivity (Wildman–Crippen MR) is 80.2 cm³/mol. The molecule has 3 aliphatic rings. The van der Waals surface area contributed by atoms with E-state index >= 15 is 0 Å². The van der Waals surface area contributed by atoms with Gasteiger partial charge < -0.3 is 4.74 Å². The Bertz CT molecular complexity index is 277. The van der Waals surface area contributed by atoms with E-state index in [1.807, 2.05) is 0 Å². The summed E-state index contributed by atoms with van der Waals surface area (Å²) in [6.45, 7) is 4.06. The Balaban J connectivity index is 1.72. The lowest BCUT2D eigenvalue weighted by Gasteiger charge is -2.48. The minimum atomic E-state index is 0.697. The summed E-state index contributed by atoms with van der Waals surface area (Å²) in [5, 5.41) is 0. The SMILES string of the molecule is CCOCCC1(C2CC2)CCCCC1C1CCCC1. The fraction of sp³-hybridized carbons (Fsp3) is 1.00. The van der Waals surface area contributed by atoms with E-state index in [4.69, 9.17) is 4.74 Å². The lowest BCUT2D eigenvalue weighted by molar-refractivity contribution is -0.00942. The minimum Gasteiger partial charge on any atom is -0.382 e. The van der Waals surface area contributed by atoms with Crippen LogP contribution in [0.3, 0.4) is 0 Å². The first-order chi connectivity index (χ1) is 9.37. The molecule has 0 amide bonds. The molecule has 0 saturated heterocycles. The highest BCUT2D eigenvalue weighted by atomic mass is 16.5. The van der Waals surface area contributed by atoms with E-state index in [0.717, 1.165) is 31.0 Å². The van der Waals surface area contributed by atoms with E-state index in [9.17, 15) is 0 Å². The molecule has 3 rings (SSSR count). The zero-order valence-corrected chi connectivity index (χ0v) is 12.8. The van der Waals surface area contributed by atoms with Gasteiger partial charge in [-0.1, -0.05) is 38.5 Å². The van der Waals surface area contributed by atoms with Crippen LogP contribution in [0, 0.1) is 23.2 Å². The van der Waals surface area contributed by atoms with Gasteiger partial charge in [0.1, 0.15) is 0 Å². The Hall–Kier alpha value is -0.0400. The molecule has 0 aromatic rings. The molecule has 19 heavy (non-hydrogen) atoms. The number of ether oxygens (including phenoxy) is 1. The molecule has 0 radical (unpaired) electrons. The summed E-state index contributed by atoms with van der Waals surface area (Å²) in [7, 11) is 0. The van der Waals surface area contributed by atoms with E-state index in [0.29, 0.717) is 5.41 Å². The second kappa shape index (κ2) is 6.16. The summed E-state index contributed by atoms with van der Waals surface area (Å²) in [5.74, 6) is 3.19. The van der Waals surface area contributed by atoms with Crippen LogP contribution in [0.2, 0.25) is 0 Å². The third-order valence-corrected chi connectivity index (χ3v) is 6.42. The molecule has 0 bridgehead atoms. The summed E-state index contributed by atoms with van der Waals surface area (Å²) < 4.78 is 5.75. The van der Waals surface area contributed by atoms with Crippen LogP contribution in [0.1, 0.15) is 77.6 Å². The van der Waals surface area contributed by atoms with Crippen molar-refractivity contribution in [2.75, 3.05) is 13.2 Å². The Morgan fingerprint density at radius 1 is 0.947 bits per heavy atom.